The smallest absolute Gasteiger partial charge is 0.260 e. The molecule has 0 aliphatic carbocycles. The molecule has 0 radical (unpaired) electrons. The lowest BCUT2D eigenvalue weighted by Crippen LogP contribution is -2.57. The van der Waals surface area contributed by atoms with Gasteiger partial charge in [0.15, 0.2) is 0 Å². The first-order valence-electron chi connectivity index (χ1n) is 7.22. The van der Waals surface area contributed by atoms with Crippen molar-refractivity contribution in [3.63, 3.8) is 0 Å². The van der Waals surface area contributed by atoms with Crippen LogP contribution < -0.4 is 25.9 Å². The normalized spacial score (nSPS) is 13.4. The van der Waals surface area contributed by atoms with E-state index in [1.54, 1.807) is 12.1 Å². The Morgan fingerprint density at radius 3 is 1.73 bits per heavy atom. The van der Waals surface area contributed by atoms with Gasteiger partial charge in [-0.3, -0.25) is 0 Å². The molecular formula is C18H11BO3. The lowest BCUT2D eigenvalue weighted by molar-refractivity contribution is 0.438. The van der Waals surface area contributed by atoms with E-state index in [-0.39, 0.29) is 12.5 Å². The predicted octanol–water partition coefficient (Wildman–Crippen LogP) is 2.12. The van der Waals surface area contributed by atoms with Crippen molar-refractivity contribution in [3.05, 3.63) is 60.7 Å². The highest BCUT2D eigenvalue weighted by Crippen LogP contribution is 2.36. The van der Waals surface area contributed by atoms with Crippen molar-refractivity contribution >= 4 is 23.1 Å². The molecule has 1 N–H and O–H groups in total. The molecule has 0 fully saturated rings. The Bertz CT molecular complexity index is 849. The van der Waals surface area contributed by atoms with Gasteiger partial charge in [0, 0.05) is 17.6 Å². The summed E-state index contributed by atoms with van der Waals surface area (Å²) in [4.78, 5) is 0. The van der Waals surface area contributed by atoms with Crippen LogP contribution in [0.2, 0.25) is 0 Å². The third-order valence-electron chi connectivity index (χ3n) is 4.28. The second-order valence-corrected chi connectivity index (χ2v) is 5.57. The standard InChI is InChI=1S/C18H11BO3/c20-11-9-16-18-17(10-11)22-15-8-4-2-6-13(15)19(18)12-5-1-3-7-14(12)21-16/h1-10,20H. The topological polar surface area (TPSA) is 38.7 Å². The van der Waals surface area contributed by atoms with E-state index < -0.39 is 0 Å². The number of benzene rings is 3. The van der Waals surface area contributed by atoms with Gasteiger partial charge in [0.2, 0.25) is 0 Å². The second-order valence-electron chi connectivity index (χ2n) is 5.57. The van der Waals surface area contributed by atoms with Crippen LogP contribution in [-0.4, -0.2) is 11.8 Å². The molecule has 3 nitrogen and oxygen atoms in total. The molecule has 0 saturated heterocycles. The molecule has 0 aromatic heterocycles. The van der Waals surface area contributed by atoms with Crippen LogP contribution in [0.3, 0.4) is 0 Å². The molecule has 104 valence electrons. The summed E-state index contributed by atoms with van der Waals surface area (Å²) < 4.78 is 12.0. The highest BCUT2D eigenvalue weighted by atomic mass is 16.5. The van der Waals surface area contributed by atoms with E-state index in [0.29, 0.717) is 11.5 Å². The fourth-order valence-corrected chi connectivity index (χ4v) is 3.38. The van der Waals surface area contributed by atoms with Crippen molar-refractivity contribution in [3.8, 4) is 28.7 Å². The summed E-state index contributed by atoms with van der Waals surface area (Å²) >= 11 is 0. The minimum atomic E-state index is 0.0699. The third-order valence-corrected chi connectivity index (χ3v) is 4.28. The molecule has 22 heavy (non-hydrogen) atoms. The lowest BCUT2D eigenvalue weighted by atomic mass is 9.35. The van der Waals surface area contributed by atoms with E-state index >= 15 is 0 Å². The summed E-state index contributed by atoms with van der Waals surface area (Å²) in [5.41, 5.74) is 3.23. The number of aromatic hydroxyl groups is 1. The Kier molecular flexibility index (Phi) is 2.18. The maximum atomic E-state index is 9.95. The van der Waals surface area contributed by atoms with Gasteiger partial charge in [0.05, 0.1) is 0 Å². The van der Waals surface area contributed by atoms with Gasteiger partial charge in [0.1, 0.15) is 28.7 Å². The summed E-state index contributed by atoms with van der Waals surface area (Å²) in [7, 11) is 0. The van der Waals surface area contributed by atoms with Crippen LogP contribution >= 0.6 is 0 Å². The number of phenols is 1. The monoisotopic (exact) mass is 286 g/mol. The average Bonchev–Trinajstić information content (AvgIpc) is 2.54. The van der Waals surface area contributed by atoms with Crippen LogP contribution in [0.1, 0.15) is 0 Å². The van der Waals surface area contributed by atoms with E-state index in [2.05, 4.69) is 12.1 Å². The quantitative estimate of drug-likeness (QED) is 0.443. The molecular weight excluding hydrogens is 275 g/mol. The Morgan fingerprint density at radius 1 is 0.682 bits per heavy atom. The molecule has 2 aliphatic rings. The predicted molar refractivity (Wildman–Crippen MR) is 85.8 cm³/mol. The van der Waals surface area contributed by atoms with E-state index in [4.69, 9.17) is 9.47 Å². The molecule has 4 heteroatoms. The van der Waals surface area contributed by atoms with Crippen LogP contribution in [0.15, 0.2) is 60.7 Å². The van der Waals surface area contributed by atoms with Crippen molar-refractivity contribution in [1.82, 2.24) is 0 Å². The maximum absolute atomic E-state index is 9.95. The van der Waals surface area contributed by atoms with Gasteiger partial charge in [-0.25, -0.2) is 0 Å². The van der Waals surface area contributed by atoms with Crippen molar-refractivity contribution < 1.29 is 14.6 Å². The van der Waals surface area contributed by atoms with Gasteiger partial charge in [-0.1, -0.05) is 36.4 Å². The molecule has 0 amide bonds. The van der Waals surface area contributed by atoms with Gasteiger partial charge < -0.3 is 14.6 Å². The number of hydrogen-bond donors (Lipinski definition) is 1. The summed E-state index contributed by atoms with van der Waals surface area (Å²) in [6.07, 6.45) is 0. The molecule has 3 aromatic carbocycles. The zero-order valence-electron chi connectivity index (χ0n) is 11.6. The number of para-hydroxylation sites is 2. The second kappa shape index (κ2) is 4.07. The Balaban J connectivity index is 1.88. The van der Waals surface area contributed by atoms with Gasteiger partial charge in [-0.2, -0.15) is 0 Å². The SMILES string of the molecule is Oc1cc2c3c(c1)Oc1ccccc1B3c1ccccc1O2. The molecule has 0 unspecified atom stereocenters. The van der Waals surface area contributed by atoms with Crippen molar-refractivity contribution in [2.45, 2.75) is 0 Å². The first-order chi connectivity index (χ1) is 10.8. The number of hydrogen-bond acceptors (Lipinski definition) is 3. The van der Waals surface area contributed by atoms with E-state index in [1.807, 2.05) is 36.4 Å². The largest absolute Gasteiger partial charge is 0.508 e. The van der Waals surface area contributed by atoms with E-state index in [0.717, 1.165) is 27.9 Å². The maximum Gasteiger partial charge on any atom is 0.260 e. The highest BCUT2D eigenvalue weighted by Gasteiger charge is 2.39. The Labute approximate surface area is 127 Å². The van der Waals surface area contributed by atoms with Crippen LogP contribution in [0.5, 0.6) is 28.7 Å². The fourth-order valence-electron chi connectivity index (χ4n) is 3.38. The third kappa shape index (κ3) is 1.47. The summed E-state index contributed by atoms with van der Waals surface area (Å²) in [6, 6.07) is 19.3. The molecule has 0 atom stereocenters. The summed E-state index contributed by atoms with van der Waals surface area (Å²) in [6.45, 7) is 0.0699. The molecule has 0 bridgehead atoms. The zero-order valence-corrected chi connectivity index (χ0v) is 11.6. The summed E-state index contributed by atoms with van der Waals surface area (Å²) in [5.74, 6) is 3.12. The minimum absolute atomic E-state index is 0.0699. The van der Waals surface area contributed by atoms with Gasteiger partial charge >= 0.3 is 0 Å². The van der Waals surface area contributed by atoms with E-state index in [1.165, 1.54) is 0 Å². The van der Waals surface area contributed by atoms with Gasteiger partial charge in [-0.05, 0) is 23.1 Å². The average molecular weight is 286 g/mol. The van der Waals surface area contributed by atoms with Gasteiger partial charge in [-0.15, -0.1) is 0 Å². The van der Waals surface area contributed by atoms with Crippen molar-refractivity contribution in [2.75, 3.05) is 0 Å². The Hall–Kier alpha value is -2.88. The number of rotatable bonds is 0. The fraction of sp³-hybridized carbons (Fsp3) is 0. The number of ether oxygens (including phenoxy) is 2. The number of phenolic OH excluding ortho intramolecular Hbond substituents is 1. The van der Waals surface area contributed by atoms with Crippen LogP contribution in [0.25, 0.3) is 0 Å². The van der Waals surface area contributed by atoms with Crippen molar-refractivity contribution in [2.24, 2.45) is 0 Å². The number of fused-ring (bicyclic) bond motifs is 4. The van der Waals surface area contributed by atoms with Crippen LogP contribution in [0.4, 0.5) is 0 Å². The molecule has 0 saturated carbocycles. The molecule has 5 rings (SSSR count). The van der Waals surface area contributed by atoms with Gasteiger partial charge in [0.25, 0.3) is 6.71 Å². The lowest BCUT2D eigenvalue weighted by Gasteiger charge is -2.32. The zero-order chi connectivity index (χ0) is 14.7. The molecule has 2 heterocycles. The first kappa shape index (κ1) is 11.7. The summed E-state index contributed by atoms with van der Waals surface area (Å²) in [5, 5.41) is 9.95. The van der Waals surface area contributed by atoms with E-state index in [9.17, 15) is 5.11 Å². The van der Waals surface area contributed by atoms with Crippen LogP contribution in [-0.2, 0) is 0 Å². The molecule has 0 spiro atoms. The van der Waals surface area contributed by atoms with Crippen LogP contribution in [0, 0.1) is 0 Å². The highest BCUT2D eigenvalue weighted by molar-refractivity contribution is 6.98. The first-order valence-corrected chi connectivity index (χ1v) is 7.22. The Morgan fingerprint density at radius 2 is 1.18 bits per heavy atom. The molecule has 3 aromatic rings. The minimum Gasteiger partial charge on any atom is -0.508 e. The van der Waals surface area contributed by atoms with Crippen molar-refractivity contribution in [1.29, 1.82) is 0 Å². The molecule has 2 aliphatic heterocycles.